The van der Waals surface area contributed by atoms with Crippen LogP contribution in [-0.2, 0) is 0 Å². The van der Waals surface area contributed by atoms with Gasteiger partial charge < -0.3 is 4.90 Å². The predicted molar refractivity (Wildman–Crippen MR) is 92.5 cm³/mol. The Labute approximate surface area is 138 Å². The Hall–Kier alpha value is -1.46. The van der Waals surface area contributed by atoms with Gasteiger partial charge in [0, 0.05) is 18.7 Å². The Morgan fingerprint density at radius 2 is 2.22 bits per heavy atom. The zero-order chi connectivity index (χ0) is 15.6. The summed E-state index contributed by atoms with van der Waals surface area (Å²) in [6.07, 6.45) is 8.51. The minimum absolute atomic E-state index is 0.357. The highest BCUT2D eigenvalue weighted by molar-refractivity contribution is 5.71. The third-order valence-corrected chi connectivity index (χ3v) is 5.39. The number of hydrogen-bond acceptors (Lipinski definition) is 4. The van der Waals surface area contributed by atoms with Gasteiger partial charge in [-0.15, -0.1) is 0 Å². The first-order valence-electron chi connectivity index (χ1n) is 9.15. The molecule has 2 saturated heterocycles. The highest BCUT2D eigenvalue weighted by Crippen LogP contribution is 2.32. The van der Waals surface area contributed by atoms with Crippen molar-refractivity contribution in [2.45, 2.75) is 51.1 Å². The van der Waals surface area contributed by atoms with Crippen LogP contribution in [0.1, 0.15) is 56.9 Å². The number of nitrogens with zero attached hydrogens (tertiary/aromatic N) is 4. The predicted octanol–water partition coefficient (Wildman–Crippen LogP) is 2.90. The summed E-state index contributed by atoms with van der Waals surface area (Å²) < 4.78 is 2.42. The average molecular weight is 313 g/mol. The summed E-state index contributed by atoms with van der Waals surface area (Å²) >= 11 is 0. The lowest BCUT2D eigenvalue weighted by Gasteiger charge is -2.33. The summed E-state index contributed by atoms with van der Waals surface area (Å²) in [5.74, 6) is 1.78. The van der Waals surface area contributed by atoms with E-state index in [0.717, 1.165) is 30.8 Å². The summed E-state index contributed by atoms with van der Waals surface area (Å²) in [5, 5.41) is 3.69. The van der Waals surface area contributed by atoms with Gasteiger partial charge in [-0.3, -0.25) is 9.88 Å². The van der Waals surface area contributed by atoms with Gasteiger partial charge in [-0.05, 0) is 63.9 Å². The summed E-state index contributed by atoms with van der Waals surface area (Å²) in [7, 11) is 0. The number of piperidine rings is 2. The third-order valence-electron chi connectivity index (χ3n) is 5.39. The molecule has 2 aromatic heterocycles. The molecule has 0 bridgehead atoms. The van der Waals surface area contributed by atoms with Gasteiger partial charge in [0.2, 0.25) is 0 Å². The molecule has 4 heterocycles. The van der Waals surface area contributed by atoms with Crippen molar-refractivity contribution >= 4 is 11.2 Å². The lowest BCUT2D eigenvalue weighted by atomic mass is 9.97. The molecule has 0 spiro atoms. The molecule has 0 aliphatic carbocycles. The molecule has 23 heavy (non-hydrogen) atoms. The molecule has 5 nitrogen and oxygen atoms in total. The van der Waals surface area contributed by atoms with Crippen molar-refractivity contribution in [3.8, 4) is 0 Å². The summed E-state index contributed by atoms with van der Waals surface area (Å²) in [4.78, 5) is 12.2. The lowest BCUT2D eigenvalue weighted by Crippen LogP contribution is -2.37. The van der Waals surface area contributed by atoms with Crippen LogP contribution >= 0.6 is 0 Å². The van der Waals surface area contributed by atoms with Crippen LogP contribution in [0.5, 0.6) is 0 Å². The highest BCUT2D eigenvalue weighted by atomic mass is 15.3. The van der Waals surface area contributed by atoms with Gasteiger partial charge >= 0.3 is 0 Å². The molecule has 2 aliphatic rings. The van der Waals surface area contributed by atoms with Gasteiger partial charge in [0.25, 0.3) is 0 Å². The van der Waals surface area contributed by atoms with E-state index in [1.807, 2.05) is 12.3 Å². The van der Waals surface area contributed by atoms with E-state index in [1.54, 1.807) is 0 Å². The first-order chi connectivity index (χ1) is 11.4. The number of fused-ring (bicyclic) bond motifs is 1. The Morgan fingerprint density at radius 3 is 3.04 bits per heavy atom. The summed E-state index contributed by atoms with van der Waals surface area (Å²) in [6, 6.07) is 4.10. The summed E-state index contributed by atoms with van der Waals surface area (Å²) in [6.45, 7) is 6.86. The molecule has 0 amide bonds. The Balaban J connectivity index is 1.75. The molecule has 0 aromatic carbocycles. The smallest absolute Gasteiger partial charge is 0.161 e. The standard InChI is InChI=1S/C18H27N5/c1-2-22-12-6-7-14(13-22)17-21-15-8-5-11-20-18(15)23(17)16-9-3-4-10-19-16/h5,8,11,14,16,19H,2-4,6-7,9-10,12-13H2,1H3. The quantitative estimate of drug-likeness (QED) is 0.946. The van der Waals surface area contributed by atoms with E-state index in [4.69, 9.17) is 4.98 Å². The molecule has 2 aromatic rings. The maximum absolute atomic E-state index is 5.01. The van der Waals surface area contributed by atoms with Gasteiger partial charge in [0.15, 0.2) is 5.65 Å². The Bertz CT molecular complexity index is 658. The molecule has 5 heteroatoms. The average Bonchev–Trinajstić information content (AvgIpc) is 3.02. The van der Waals surface area contributed by atoms with Crippen LogP contribution < -0.4 is 5.32 Å². The topological polar surface area (TPSA) is 46.0 Å². The summed E-state index contributed by atoms with van der Waals surface area (Å²) in [5.41, 5.74) is 2.10. The molecule has 4 rings (SSSR count). The van der Waals surface area contributed by atoms with Crippen molar-refractivity contribution in [3.05, 3.63) is 24.2 Å². The third kappa shape index (κ3) is 2.88. The SMILES string of the molecule is CCN1CCCC(c2nc3cccnc3n2C2CCCCN2)C1. The molecule has 2 atom stereocenters. The van der Waals surface area contributed by atoms with Crippen LogP contribution in [0.25, 0.3) is 11.2 Å². The van der Waals surface area contributed by atoms with E-state index in [0.29, 0.717) is 12.1 Å². The van der Waals surface area contributed by atoms with Crippen molar-refractivity contribution in [2.75, 3.05) is 26.2 Å². The number of hydrogen-bond donors (Lipinski definition) is 1. The first-order valence-corrected chi connectivity index (χ1v) is 9.15. The fraction of sp³-hybridized carbons (Fsp3) is 0.667. The fourth-order valence-electron chi connectivity index (χ4n) is 4.15. The zero-order valence-corrected chi connectivity index (χ0v) is 14.0. The normalized spacial score (nSPS) is 26.7. The minimum Gasteiger partial charge on any atom is -0.303 e. The van der Waals surface area contributed by atoms with Crippen LogP contribution in [-0.4, -0.2) is 45.6 Å². The van der Waals surface area contributed by atoms with E-state index >= 15 is 0 Å². The molecule has 2 aliphatic heterocycles. The van der Waals surface area contributed by atoms with Gasteiger partial charge in [0.1, 0.15) is 11.3 Å². The van der Waals surface area contributed by atoms with Crippen molar-refractivity contribution in [2.24, 2.45) is 0 Å². The second kappa shape index (κ2) is 6.57. The number of rotatable bonds is 3. The molecular formula is C18H27N5. The van der Waals surface area contributed by atoms with E-state index in [1.165, 1.54) is 44.5 Å². The fourth-order valence-corrected chi connectivity index (χ4v) is 4.15. The Kier molecular flexibility index (Phi) is 4.31. The number of likely N-dealkylation sites (tertiary alicyclic amines) is 1. The number of likely N-dealkylation sites (N-methyl/N-ethyl adjacent to an activating group) is 1. The minimum atomic E-state index is 0.357. The maximum atomic E-state index is 5.01. The van der Waals surface area contributed by atoms with Crippen molar-refractivity contribution in [1.29, 1.82) is 0 Å². The maximum Gasteiger partial charge on any atom is 0.161 e. The molecule has 2 unspecified atom stereocenters. The molecule has 124 valence electrons. The van der Waals surface area contributed by atoms with Crippen LogP contribution in [0.3, 0.4) is 0 Å². The van der Waals surface area contributed by atoms with Gasteiger partial charge in [-0.2, -0.15) is 0 Å². The van der Waals surface area contributed by atoms with Crippen LogP contribution in [0.4, 0.5) is 0 Å². The van der Waals surface area contributed by atoms with Crippen molar-refractivity contribution in [1.82, 2.24) is 24.8 Å². The lowest BCUT2D eigenvalue weighted by molar-refractivity contribution is 0.207. The monoisotopic (exact) mass is 313 g/mol. The van der Waals surface area contributed by atoms with Crippen LogP contribution in [0.2, 0.25) is 0 Å². The molecule has 2 fully saturated rings. The van der Waals surface area contributed by atoms with E-state index in [9.17, 15) is 0 Å². The van der Waals surface area contributed by atoms with E-state index in [2.05, 4.69) is 32.8 Å². The molecule has 1 N–H and O–H groups in total. The molecule has 0 radical (unpaired) electrons. The largest absolute Gasteiger partial charge is 0.303 e. The van der Waals surface area contributed by atoms with Crippen molar-refractivity contribution in [3.63, 3.8) is 0 Å². The number of pyridine rings is 1. The van der Waals surface area contributed by atoms with E-state index < -0.39 is 0 Å². The van der Waals surface area contributed by atoms with Gasteiger partial charge in [0.05, 0.1) is 6.17 Å². The first kappa shape index (κ1) is 15.1. The number of aromatic nitrogens is 3. The molecular weight excluding hydrogens is 286 g/mol. The second-order valence-corrected chi connectivity index (χ2v) is 6.88. The van der Waals surface area contributed by atoms with Crippen LogP contribution in [0.15, 0.2) is 18.3 Å². The van der Waals surface area contributed by atoms with Gasteiger partial charge in [-0.1, -0.05) is 6.92 Å². The van der Waals surface area contributed by atoms with Crippen molar-refractivity contribution < 1.29 is 0 Å². The second-order valence-electron chi connectivity index (χ2n) is 6.88. The number of nitrogens with one attached hydrogen (secondary N) is 1. The van der Waals surface area contributed by atoms with Crippen LogP contribution in [0, 0.1) is 0 Å². The van der Waals surface area contributed by atoms with E-state index in [-0.39, 0.29) is 0 Å². The molecule has 0 saturated carbocycles. The number of imidazole rings is 1. The van der Waals surface area contributed by atoms with Gasteiger partial charge in [-0.25, -0.2) is 9.97 Å². The zero-order valence-electron chi connectivity index (χ0n) is 14.0. The highest BCUT2D eigenvalue weighted by Gasteiger charge is 2.29. The Morgan fingerprint density at radius 1 is 1.26 bits per heavy atom.